The number of nitrogens with zero attached hydrogens (tertiary/aromatic N) is 5. The molecule has 1 aliphatic rings. The highest BCUT2D eigenvalue weighted by Gasteiger charge is 2.16. The molecular weight excluding hydrogens is 530 g/mol. The number of imidazole rings is 1. The monoisotopic (exact) mass is 564 g/mol. The first-order valence-corrected chi connectivity index (χ1v) is 13.7. The van der Waals surface area contributed by atoms with Crippen LogP contribution in [0.3, 0.4) is 0 Å². The Labute approximate surface area is 237 Å². The molecule has 1 fully saturated rings. The van der Waals surface area contributed by atoms with Gasteiger partial charge in [0.1, 0.15) is 5.75 Å². The number of benzene rings is 2. The number of hydrogen-bond donors (Lipinski definition) is 1. The standard InChI is InChI=1S/C30H34F2N6O3/c1-21-19-23(7-10-25(21)29(39)36(2)12-3-4-13-37-15-17-40-18-16-37)35-27-28-34-20-26(38(28)14-11-33-27)22-5-8-24(9-6-22)41-30(31)32/h5-11,14,19-20,30H,3-4,12-13,15-18H2,1-2H3,(H,33,35). The van der Waals surface area contributed by atoms with Crippen molar-refractivity contribution in [3.8, 4) is 17.0 Å². The highest BCUT2D eigenvalue weighted by atomic mass is 19.3. The van der Waals surface area contributed by atoms with E-state index in [1.807, 2.05) is 36.6 Å². The second-order valence-corrected chi connectivity index (χ2v) is 10.1. The number of anilines is 2. The van der Waals surface area contributed by atoms with Gasteiger partial charge in [-0.2, -0.15) is 8.78 Å². The third-order valence-electron chi connectivity index (χ3n) is 7.19. The maximum absolute atomic E-state index is 13.1. The summed E-state index contributed by atoms with van der Waals surface area (Å²) in [6.07, 6.45) is 7.15. The number of carbonyl (C=O) groups excluding carboxylic acids is 1. The lowest BCUT2D eigenvalue weighted by atomic mass is 10.1. The molecule has 216 valence electrons. The molecule has 5 rings (SSSR count). The van der Waals surface area contributed by atoms with Crippen LogP contribution in [0, 0.1) is 6.92 Å². The molecule has 11 heteroatoms. The normalized spacial score (nSPS) is 14.0. The number of carbonyl (C=O) groups is 1. The van der Waals surface area contributed by atoms with E-state index in [0.29, 0.717) is 23.6 Å². The predicted octanol–water partition coefficient (Wildman–Crippen LogP) is 5.23. The molecule has 0 atom stereocenters. The molecule has 9 nitrogen and oxygen atoms in total. The van der Waals surface area contributed by atoms with Gasteiger partial charge in [0.05, 0.1) is 25.1 Å². The van der Waals surface area contributed by atoms with Crippen LogP contribution in [-0.4, -0.2) is 83.1 Å². The van der Waals surface area contributed by atoms with Crippen LogP contribution in [0.1, 0.15) is 28.8 Å². The van der Waals surface area contributed by atoms with Gasteiger partial charge in [0, 0.05) is 55.9 Å². The zero-order valence-electron chi connectivity index (χ0n) is 23.2. The molecule has 0 spiro atoms. The topological polar surface area (TPSA) is 84.2 Å². The number of fused-ring (bicyclic) bond motifs is 1. The van der Waals surface area contributed by atoms with Crippen molar-refractivity contribution >= 4 is 23.1 Å². The van der Waals surface area contributed by atoms with Crippen LogP contribution in [0.25, 0.3) is 16.9 Å². The second kappa shape index (κ2) is 13.0. The minimum atomic E-state index is -2.87. The molecule has 4 aromatic rings. The highest BCUT2D eigenvalue weighted by Crippen LogP contribution is 2.28. The number of halogens is 2. The van der Waals surface area contributed by atoms with E-state index in [9.17, 15) is 13.6 Å². The van der Waals surface area contributed by atoms with Gasteiger partial charge in [0.15, 0.2) is 11.5 Å². The minimum absolute atomic E-state index is 0.00326. The van der Waals surface area contributed by atoms with Gasteiger partial charge in [-0.1, -0.05) is 0 Å². The first kappa shape index (κ1) is 28.4. The summed E-state index contributed by atoms with van der Waals surface area (Å²) >= 11 is 0. The van der Waals surface area contributed by atoms with Gasteiger partial charge in [0.25, 0.3) is 5.91 Å². The Morgan fingerprint density at radius 3 is 2.63 bits per heavy atom. The number of alkyl halides is 2. The van der Waals surface area contributed by atoms with Crippen molar-refractivity contribution < 1.29 is 23.0 Å². The van der Waals surface area contributed by atoms with Crippen molar-refractivity contribution in [2.24, 2.45) is 0 Å². The molecule has 0 aliphatic carbocycles. The molecule has 2 aromatic heterocycles. The Balaban J connectivity index is 1.22. The van der Waals surface area contributed by atoms with Gasteiger partial charge in [-0.25, -0.2) is 9.97 Å². The van der Waals surface area contributed by atoms with E-state index in [0.717, 1.165) is 68.2 Å². The number of aromatic nitrogens is 3. The fraction of sp³-hybridized carbons (Fsp3) is 0.367. The number of nitrogens with one attached hydrogen (secondary N) is 1. The van der Waals surface area contributed by atoms with E-state index in [1.54, 1.807) is 35.6 Å². The molecule has 3 heterocycles. The summed E-state index contributed by atoms with van der Waals surface area (Å²) in [5, 5.41) is 3.32. The number of morpholine rings is 1. The van der Waals surface area contributed by atoms with Crippen molar-refractivity contribution in [3.05, 3.63) is 72.2 Å². The van der Waals surface area contributed by atoms with Gasteiger partial charge < -0.3 is 19.7 Å². The van der Waals surface area contributed by atoms with E-state index in [2.05, 4.69) is 24.9 Å². The van der Waals surface area contributed by atoms with Gasteiger partial charge in [-0.05, 0) is 74.3 Å². The second-order valence-electron chi connectivity index (χ2n) is 10.1. The number of rotatable bonds is 11. The van der Waals surface area contributed by atoms with Crippen molar-refractivity contribution in [1.29, 1.82) is 0 Å². The molecule has 1 aliphatic heterocycles. The molecule has 0 unspecified atom stereocenters. The molecule has 1 amide bonds. The zero-order chi connectivity index (χ0) is 28.8. The molecule has 41 heavy (non-hydrogen) atoms. The molecule has 1 N–H and O–H groups in total. The summed E-state index contributed by atoms with van der Waals surface area (Å²) in [7, 11) is 1.85. The van der Waals surface area contributed by atoms with Gasteiger partial charge >= 0.3 is 6.61 Å². The summed E-state index contributed by atoms with van der Waals surface area (Å²) in [6, 6.07) is 12.0. The summed E-state index contributed by atoms with van der Waals surface area (Å²) < 4.78 is 36.7. The summed E-state index contributed by atoms with van der Waals surface area (Å²) in [5.41, 5.74) is 4.48. The lowest BCUT2D eigenvalue weighted by Crippen LogP contribution is -2.37. The number of aryl methyl sites for hydroxylation is 1. The average Bonchev–Trinajstić information content (AvgIpc) is 3.41. The number of unbranched alkanes of at least 4 members (excludes halogenated alkanes) is 1. The Morgan fingerprint density at radius 1 is 1.12 bits per heavy atom. The van der Waals surface area contributed by atoms with Crippen LogP contribution in [-0.2, 0) is 4.74 Å². The number of amides is 1. The van der Waals surface area contributed by atoms with Crippen LogP contribution in [0.15, 0.2) is 61.1 Å². The Morgan fingerprint density at radius 2 is 1.90 bits per heavy atom. The maximum atomic E-state index is 13.1. The molecule has 0 radical (unpaired) electrons. The summed E-state index contributed by atoms with van der Waals surface area (Å²) in [6.45, 7) is 4.36. The van der Waals surface area contributed by atoms with Crippen molar-refractivity contribution in [2.75, 3.05) is 51.8 Å². The van der Waals surface area contributed by atoms with Crippen LogP contribution in [0.5, 0.6) is 5.75 Å². The van der Waals surface area contributed by atoms with Crippen LogP contribution >= 0.6 is 0 Å². The Bertz CT molecular complexity index is 1470. The van der Waals surface area contributed by atoms with Gasteiger partial charge in [-0.15, -0.1) is 0 Å². The molecule has 1 saturated heterocycles. The minimum Gasteiger partial charge on any atom is -0.435 e. The number of ether oxygens (including phenoxy) is 2. The summed E-state index contributed by atoms with van der Waals surface area (Å²) in [4.78, 5) is 26.3. The molecule has 0 saturated carbocycles. The van der Waals surface area contributed by atoms with E-state index in [-0.39, 0.29) is 11.7 Å². The van der Waals surface area contributed by atoms with Crippen LogP contribution < -0.4 is 10.1 Å². The van der Waals surface area contributed by atoms with Crippen molar-refractivity contribution in [3.63, 3.8) is 0 Å². The van der Waals surface area contributed by atoms with Gasteiger partial charge in [0.2, 0.25) is 0 Å². The Kier molecular flexibility index (Phi) is 9.05. The molecule has 2 aromatic carbocycles. The van der Waals surface area contributed by atoms with E-state index in [4.69, 9.17) is 4.74 Å². The quantitative estimate of drug-likeness (QED) is 0.250. The molecule has 0 bridgehead atoms. The van der Waals surface area contributed by atoms with E-state index < -0.39 is 6.61 Å². The fourth-order valence-electron chi connectivity index (χ4n) is 4.96. The predicted molar refractivity (Wildman–Crippen MR) is 153 cm³/mol. The van der Waals surface area contributed by atoms with Crippen LogP contribution in [0.4, 0.5) is 20.3 Å². The lowest BCUT2D eigenvalue weighted by Gasteiger charge is -2.26. The van der Waals surface area contributed by atoms with E-state index >= 15 is 0 Å². The first-order chi connectivity index (χ1) is 19.9. The van der Waals surface area contributed by atoms with E-state index in [1.165, 1.54) is 12.1 Å². The number of hydrogen-bond acceptors (Lipinski definition) is 7. The lowest BCUT2D eigenvalue weighted by molar-refractivity contribution is -0.0498. The Hall–Kier alpha value is -4.09. The van der Waals surface area contributed by atoms with Gasteiger partial charge in [-0.3, -0.25) is 14.1 Å². The first-order valence-electron chi connectivity index (χ1n) is 13.7. The van der Waals surface area contributed by atoms with Crippen molar-refractivity contribution in [1.82, 2.24) is 24.2 Å². The third kappa shape index (κ3) is 6.98. The largest absolute Gasteiger partial charge is 0.435 e. The fourth-order valence-corrected chi connectivity index (χ4v) is 4.96. The van der Waals surface area contributed by atoms with Crippen LogP contribution in [0.2, 0.25) is 0 Å². The summed E-state index contributed by atoms with van der Waals surface area (Å²) in [5.74, 6) is 0.643. The maximum Gasteiger partial charge on any atom is 0.387 e. The third-order valence-corrected chi connectivity index (χ3v) is 7.19. The average molecular weight is 565 g/mol. The SMILES string of the molecule is Cc1cc(Nc2nccn3c(-c4ccc(OC(F)F)cc4)cnc23)ccc1C(=O)N(C)CCCCN1CCOCC1. The molecular formula is C30H34F2N6O3. The highest BCUT2D eigenvalue weighted by molar-refractivity contribution is 5.96. The zero-order valence-corrected chi connectivity index (χ0v) is 23.2. The smallest absolute Gasteiger partial charge is 0.387 e. The van der Waals surface area contributed by atoms with Crippen molar-refractivity contribution in [2.45, 2.75) is 26.4 Å².